The Bertz CT molecular complexity index is 216. The minimum Gasteiger partial charge on any atom is -0.314 e. The van der Waals surface area contributed by atoms with Crippen molar-refractivity contribution in [1.82, 2.24) is 10.2 Å². The van der Waals surface area contributed by atoms with Crippen LogP contribution in [0.25, 0.3) is 0 Å². The van der Waals surface area contributed by atoms with Crippen LogP contribution >= 0.6 is 0 Å². The average molecular weight is 208 g/mol. The third-order valence-corrected chi connectivity index (χ3v) is 3.00. The van der Waals surface area contributed by atoms with E-state index in [2.05, 4.69) is 35.9 Å². The fraction of sp³-hybridized carbons (Fsp3) is 0.846. The average Bonchev–Trinajstić information content (AvgIpc) is 2.25. The van der Waals surface area contributed by atoms with Gasteiger partial charge < -0.3 is 5.32 Å². The summed E-state index contributed by atoms with van der Waals surface area (Å²) in [6, 6.07) is 0.619. The van der Waals surface area contributed by atoms with Gasteiger partial charge in [0.1, 0.15) is 0 Å². The van der Waals surface area contributed by atoms with E-state index in [1.54, 1.807) is 0 Å². The highest BCUT2D eigenvalue weighted by atomic mass is 15.1. The molecule has 0 atom stereocenters. The molecule has 0 aliphatic carbocycles. The fourth-order valence-electron chi connectivity index (χ4n) is 1.94. The van der Waals surface area contributed by atoms with Crippen LogP contribution in [-0.2, 0) is 0 Å². The van der Waals surface area contributed by atoms with Crippen LogP contribution in [0.4, 0.5) is 0 Å². The van der Waals surface area contributed by atoms with E-state index in [4.69, 9.17) is 0 Å². The zero-order chi connectivity index (χ0) is 11.1. The predicted molar refractivity (Wildman–Crippen MR) is 65.8 cm³/mol. The molecule has 1 fully saturated rings. The molecule has 1 aliphatic rings. The maximum atomic E-state index is 3.53. The molecule has 1 N–H and O–H groups in total. The van der Waals surface area contributed by atoms with E-state index in [-0.39, 0.29) is 0 Å². The molecule has 0 bridgehead atoms. The zero-order valence-corrected chi connectivity index (χ0v) is 10.3. The molecular weight excluding hydrogens is 184 g/mol. The van der Waals surface area contributed by atoms with Gasteiger partial charge in [0.05, 0.1) is 6.54 Å². The van der Waals surface area contributed by atoms with Gasteiger partial charge in [0.2, 0.25) is 0 Å². The molecule has 86 valence electrons. The van der Waals surface area contributed by atoms with Gasteiger partial charge in [-0.1, -0.05) is 19.8 Å². The summed E-state index contributed by atoms with van der Waals surface area (Å²) in [6.07, 6.45) is 2.65. The number of nitrogens with one attached hydrogen (secondary N) is 1. The Balaban J connectivity index is 2.14. The summed E-state index contributed by atoms with van der Waals surface area (Å²) in [5, 5.41) is 3.53. The van der Waals surface area contributed by atoms with Gasteiger partial charge in [0, 0.05) is 6.04 Å². The van der Waals surface area contributed by atoms with Crippen LogP contribution in [0.15, 0.2) is 0 Å². The first-order valence-corrected chi connectivity index (χ1v) is 6.07. The Kier molecular flexibility index (Phi) is 5.75. The number of hydrogen-bond acceptors (Lipinski definition) is 2. The van der Waals surface area contributed by atoms with Crippen LogP contribution in [0.2, 0.25) is 0 Å². The smallest absolute Gasteiger partial charge is 0.0601 e. The van der Waals surface area contributed by atoms with Gasteiger partial charge in [-0.3, -0.25) is 4.90 Å². The highest BCUT2D eigenvalue weighted by Crippen LogP contribution is 2.15. The van der Waals surface area contributed by atoms with Gasteiger partial charge in [-0.15, -0.1) is 5.92 Å². The summed E-state index contributed by atoms with van der Waals surface area (Å²) in [6.45, 7) is 10.9. The first-order valence-electron chi connectivity index (χ1n) is 6.07. The summed E-state index contributed by atoms with van der Waals surface area (Å²) in [4.78, 5) is 2.46. The number of nitrogens with zero attached hydrogens (tertiary/aromatic N) is 1. The van der Waals surface area contributed by atoms with Gasteiger partial charge >= 0.3 is 0 Å². The Labute approximate surface area is 94.4 Å². The van der Waals surface area contributed by atoms with Crippen LogP contribution in [-0.4, -0.2) is 37.1 Å². The second-order valence-corrected chi connectivity index (χ2v) is 4.71. The first kappa shape index (κ1) is 12.5. The van der Waals surface area contributed by atoms with Gasteiger partial charge in [0.25, 0.3) is 0 Å². The summed E-state index contributed by atoms with van der Waals surface area (Å²) in [7, 11) is 0. The zero-order valence-electron chi connectivity index (χ0n) is 10.3. The minimum atomic E-state index is 0.619. The van der Waals surface area contributed by atoms with Crippen LogP contribution < -0.4 is 5.32 Å². The molecule has 2 heteroatoms. The van der Waals surface area contributed by atoms with Crippen LogP contribution in [0.1, 0.15) is 33.6 Å². The summed E-state index contributed by atoms with van der Waals surface area (Å²) < 4.78 is 0. The van der Waals surface area contributed by atoms with E-state index >= 15 is 0 Å². The molecule has 0 aromatic heterocycles. The number of hydrogen-bond donors (Lipinski definition) is 1. The normalized spacial score (nSPS) is 18.9. The van der Waals surface area contributed by atoms with Crippen molar-refractivity contribution >= 4 is 0 Å². The third kappa shape index (κ3) is 5.20. The van der Waals surface area contributed by atoms with Crippen LogP contribution in [0.3, 0.4) is 0 Å². The van der Waals surface area contributed by atoms with Gasteiger partial charge in [-0.05, 0) is 45.3 Å². The highest BCUT2D eigenvalue weighted by Gasteiger charge is 2.18. The standard InChI is InChI=1S/C13H24N2/c1-4-5-8-15-9-6-13(7-10-15)11-14-12(2)3/h12-14H,6-11H2,1-3H3. The lowest BCUT2D eigenvalue weighted by Crippen LogP contribution is -2.38. The Hall–Kier alpha value is -0.520. The van der Waals surface area contributed by atoms with E-state index in [1.165, 1.54) is 32.5 Å². The minimum absolute atomic E-state index is 0.619. The summed E-state index contributed by atoms with van der Waals surface area (Å²) in [5.74, 6) is 6.98. The molecule has 1 heterocycles. The lowest BCUT2D eigenvalue weighted by molar-refractivity contribution is 0.199. The van der Waals surface area contributed by atoms with Gasteiger partial charge in [0.15, 0.2) is 0 Å². The molecule has 0 amide bonds. The Morgan fingerprint density at radius 1 is 1.33 bits per heavy atom. The molecule has 15 heavy (non-hydrogen) atoms. The molecule has 2 nitrogen and oxygen atoms in total. The Morgan fingerprint density at radius 2 is 2.00 bits per heavy atom. The molecule has 0 unspecified atom stereocenters. The number of likely N-dealkylation sites (tertiary alicyclic amines) is 1. The molecule has 1 rings (SSSR count). The van der Waals surface area contributed by atoms with Crippen molar-refractivity contribution < 1.29 is 0 Å². The van der Waals surface area contributed by atoms with E-state index in [9.17, 15) is 0 Å². The topological polar surface area (TPSA) is 15.3 Å². The molecule has 1 saturated heterocycles. The van der Waals surface area contributed by atoms with Crippen molar-refractivity contribution in [1.29, 1.82) is 0 Å². The lowest BCUT2D eigenvalue weighted by atomic mass is 9.96. The van der Waals surface area contributed by atoms with Crippen LogP contribution in [0.5, 0.6) is 0 Å². The summed E-state index contributed by atoms with van der Waals surface area (Å²) in [5.41, 5.74) is 0. The third-order valence-electron chi connectivity index (χ3n) is 3.00. The molecule has 0 aromatic rings. The molecule has 0 aromatic carbocycles. The van der Waals surface area contributed by atoms with Crippen molar-refractivity contribution in [2.24, 2.45) is 5.92 Å². The second kappa shape index (κ2) is 6.87. The predicted octanol–water partition coefficient (Wildman–Crippen LogP) is 1.72. The maximum absolute atomic E-state index is 3.53. The van der Waals surface area contributed by atoms with E-state index in [0.717, 1.165) is 12.5 Å². The summed E-state index contributed by atoms with van der Waals surface area (Å²) >= 11 is 0. The van der Waals surface area contributed by atoms with Crippen molar-refractivity contribution in [3.8, 4) is 11.8 Å². The van der Waals surface area contributed by atoms with Crippen LogP contribution in [0, 0.1) is 17.8 Å². The molecule has 0 saturated carbocycles. The second-order valence-electron chi connectivity index (χ2n) is 4.71. The van der Waals surface area contributed by atoms with Gasteiger partial charge in [-0.2, -0.15) is 0 Å². The molecule has 1 aliphatic heterocycles. The number of piperidine rings is 1. The number of rotatable bonds is 4. The monoisotopic (exact) mass is 208 g/mol. The lowest BCUT2D eigenvalue weighted by Gasteiger charge is -2.31. The fourth-order valence-corrected chi connectivity index (χ4v) is 1.94. The van der Waals surface area contributed by atoms with Crippen molar-refractivity contribution in [3.63, 3.8) is 0 Å². The van der Waals surface area contributed by atoms with E-state index in [0.29, 0.717) is 6.04 Å². The van der Waals surface area contributed by atoms with E-state index in [1.807, 2.05) is 6.92 Å². The van der Waals surface area contributed by atoms with Crippen molar-refractivity contribution in [3.05, 3.63) is 0 Å². The van der Waals surface area contributed by atoms with Gasteiger partial charge in [-0.25, -0.2) is 0 Å². The Morgan fingerprint density at radius 3 is 2.53 bits per heavy atom. The molecule has 0 radical (unpaired) electrons. The van der Waals surface area contributed by atoms with Crippen molar-refractivity contribution in [2.45, 2.75) is 39.7 Å². The molecule has 0 spiro atoms. The largest absolute Gasteiger partial charge is 0.314 e. The quantitative estimate of drug-likeness (QED) is 0.708. The maximum Gasteiger partial charge on any atom is 0.0601 e. The first-order chi connectivity index (χ1) is 7.22. The highest BCUT2D eigenvalue weighted by molar-refractivity contribution is 4.98. The molecular formula is C13H24N2. The SMILES string of the molecule is CC#CCN1CCC(CNC(C)C)CC1. The van der Waals surface area contributed by atoms with Crippen molar-refractivity contribution in [2.75, 3.05) is 26.2 Å². The van der Waals surface area contributed by atoms with E-state index < -0.39 is 0 Å².